The van der Waals surface area contributed by atoms with Crippen molar-refractivity contribution >= 4 is 22.4 Å². The third kappa shape index (κ3) is 2.95. The van der Waals surface area contributed by atoms with Crippen molar-refractivity contribution in [2.75, 3.05) is 14.2 Å². The number of benzene rings is 3. The minimum atomic E-state index is 0.576. The summed E-state index contributed by atoms with van der Waals surface area (Å²) >= 11 is 0. The van der Waals surface area contributed by atoms with E-state index >= 15 is 0 Å². The zero-order valence-corrected chi connectivity index (χ0v) is 13.6. The smallest absolute Gasteiger partial charge is 0.167 e. The molecular formula is C21H17NO2. The first-order chi connectivity index (χ1) is 11.8. The number of allylic oxidation sites excluding steroid dienone is 1. The van der Waals surface area contributed by atoms with Gasteiger partial charge in [0.1, 0.15) is 0 Å². The van der Waals surface area contributed by atoms with Crippen LogP contribution in [0.4, 0.5) is 0 Å². The van der Waals surface area contributed by atoms with Gasteiger partial charge < -0.3 is 9.47 Å². The molecular weight excluding hydrogens is 298 g/mol. The van der Waals surface area contributed by atoms with Gasteiger partial charge in [0.2, 0.25) is 0 Å². The molecule has 3 heteroatoms. The van der Waals surface area contributed by atoms with Gasteiger partial charge in [-0.05, 0) is 34.5 Å². The van der Waals surface area contributed by atoms with Crippen LogP contribution in [0.1, 0.15) is 11.1 Å². The number of ether oxygens (including phenoxy) is 2. The maximum absolute atomic E-state index is 9.61. The monoisotopic (exact) mass is 315 g/mol. The Hall–Kier alpha value is -3.25. The Morgan fingerprint density at radius 3 is 2.42 bits per heavy atom. The average molecular weight is 315 g/mol. The molecule has 24 heavy (non-hydrogen) atoms. The summed E-state index contributed by atoms with van der Waals surface area (Å²) in [4.78, 5) is 0. The Morgan fingerprint density at radius 1 is 0.917 bits per heavy atom. The summed E-state index contributed by atoms with van der Waals surface area (Å²) in [6, 6.07) is 22.0. The Morgan fingerprint density at radius 2 is 1.71 bits per heavy atom. The number of hydrogen-bond donors (Lipinski definition) is 0. The van der Waals surface area contributed by atoms with Gasteiger partial charge in [-0.25, -0.2) is 0 Å². The van der Waals surface area contributed by atoms with E-state index in [2.05, 4.69) is 12.1 Å². The predicted octanol–water partition coefficient (Wildman–Crippen LogP) is 4.92. The van der Waals surface area contributed by atoms with Crippen LogP contribution in [0.2, 0.25) is 0 Å². The summed E-state index contributed by atoms with van der Waals surface area (Å²) < 4.78 is 10.8. The van der Waals surface area contributed by atoms with Crippen LogP contribution in [0, 0.1) is 11.3 Å². The van der Waals surface area contributed by atoms with Crippen LogP contribution in [-0.4, -0.2) is 14.2 Å². The summed E-state index contributed by atoms with van der Waals surface area (Å²) in [5, 5.41) is 11.9. The maximum Gasteiger partial charge on any atom is 0.167 e. The van der Waals surface area contributed by atoms with Crippen molar-refractivity contribution in [3.8, 4) is 17.6 Å². The van der Waals surface area contributed by atoms with Gasteiger partial charge in [0.25, 0.3) is 0 Å². The first-order valence-corrected chi connectivity index (χ1v) is 7.59. The van der Waals surface area contributed by atoms with Gasteiger partial charge in [-0.2, -0.15) is 5.26 Å². The van der Waals surface area contributed by atoms with Crippen molar-refractivity contribution in [2.45, 2.75) is 0 Å². The van der Waals surface area contributed by atoms with Gasteiger partial charge in [-0.15, -0.1) is 0 Å². The van der Waals surface area contributed by atoms with Crippen molar-refractivity contribution in [3.63, 3.8) is 0 Å². The lowest BCUT2D eigenvalue weighted by molar-refractivity contribution is 0.354. The van der Waals surface area contributed by atoms with Gasteiger partial charge in [-0.3, -0.25) is 0 Å². The molecule has 3 rings (SSSR count). The number of rotatable bonds is 4. The second kappa shape index (κ2) is 6.89. The van der Waals surface area contributed by atoms with Gasteiger partial charge in [0.15, 0.2) is 11.5 Å². The molecule has 0 spiro atoms. The molecule has 3 aromatic rings. The van der Waals surface area contributed by atoms with E-state index in [0.717, 1.165) is 21.9 Å². The second-order valence-electron chi connectivity index (χ2n) is 5.31. The van der Waals surface area contributed by atoms with E-state index in [1.807, 2.05) is 60.7 Å². The van der Waals surface area contributed by atoms with Crippen molar-refractivity contribution in [1.29, 1.82) is 5.26 Å². The van der Waals surface area contributed by atoms with Crippen molar-refractivity contribution in [2.24, 2.45) is 0 Å². The molecule has 0 heterocycles. The van der Waals surface area contributed by atoms with E-state index in [1.54, 1.807) is 14.2 Å². The third-order valence-corrected chi connectivity index (χ3v) is 3.91. The summed E-state index contributed by atoms with van der Waals surface area (Å²) in [5.41, 5.74) is 2.26. The summed E-state index contributed by atoms with van der Waals surface area (Å²) in [6.45, 7) is 0. The van der Waals surface area contributed by atoms with E-state index < -0.39 is 0 Å². The molecule has 0 unspecified atom stereocenters. The molecule has 118 valence electrons. The van der Waals surface area contributed by atoms with Crippen LogP contribution >= 0.6 is 0 Å². The molecule has 0 bridgehead atoms. The molecule has 0 fully saturated rings. The summed E-state index contributed by atoms with van der Waals surface area (Å²) in [7, 11) is 3.19. The van der Waals surface area contributed by atoms with E-state index in [0.29, 0.717) is 17.1 Å². The average Bonchev–Trinajstić information content (AvgIpc) is 2.65. The molecule has 0 saturated heterocycles. The fourth-order valence-electron chi connectivity index (χ4n) is 2.72. The van der Waals surface area contributed by atoms with Crippen molar-refractivity contribution in [1.82, 2.24) is 0 Å². The Labute approximate surface area is 141 Å². The number of nitrogens with zero attached hydrogens (tertiary/aromatic N) is 1. The van der Waals surface area contributed by atoms with Gasteiger partial charge in [0.05, 0.1) is 25.9 Å². The minimum absolute atomic E-state index is 0.576. The van der Waals surface area contributed by atoms with E-state index in [-0.39, 0.29) is 0 Å². The molecule has 0 aromatic heterocycles. The lowest BCUT2D eigenvalue weighted by Gasteiger charge is -2.10. The normalized spacial score (nSPS) is 11.1. The molecule has 0 aliphatic rings. The Balaban J connectivity index is 2.11. The first kappa shape index (κ1) is 15.6. The van der Waals surface area contributed by atoms with Gasteiger partial charge in [-0.1, -0.05) is 48.5 Å². The van der Waals surface area contributed by atoms with Gasteiger partial charge in [0, 0.05) is 5.56 Å². The summed E-state index contributed by atoms with van der Waals surface area (Å²) in [5.74, 6) is 1.26. The standard InChI is InChI=1S/C21H17NO2/c1-23-20-9-5-8-18(21(20)24-2)13-19(14-22)17-11-10-15-6-3-4-7-16(15)12-17/h3-13H,1-2H3/b19-13+. The number of methoxy groups -OCH3 is 2. The van der Waals surface area contributed by atoms with E-state index in [9.17, 15) is 5.26 Å². The zero-order valence-electron chi connectivity index (χ0n) is 13.6. The lowest BCUT2D eigenvalue weighted by Crippen LogP contribution is -1.93. The van der Waals surface area contributed by atoms with Crippen LogP contribution < -0.4 is 9.47 Å². The van der Waals surface area contributed by atoms with Crippen molar-refractivity contribution in [3.05, 3.63) is 71.8 Å². The summed E-state index contributed by atoms with van der Waals surface area (Å²) in [6.07, 6.45) is 1.82. The molecule has 0 amide bonds. The molecule has 0 aliphatic carbocycles. The SMILES string of the molecule is COc1cccc(/C=C(\C#N)c2ccc3ccccc3c2)c1OC. The predicted molar refractivity (Wildman–Crippen MR) is 97.0 cm³/mol. The quantitative estimate of drug-likeness (QED) is 0.507. The molecule has 0 radical (unpaired) electrons. The highest BCUT2D eigenvalue weighted by Crippen LogP contribution is 2.33. The van der Waals surface area contributed by atoms with Gasteiger partial charge >= 0.3 is 0 Å². The largest absolute Gasteiger partial charge is 0.493 e. The second-order valence-corrected chi connectivity index (χ2v) is 5.31. The third-order valence-electron chi connectivity index (χ3n) is 3.91. The molecule has 0 saturated carbocycles. The van der Waals surface area contributed by atoms with Crippen LogP contribution in [0.5, 0.6) is 11.5 Å². The first-order valence-electron chi connectivity index (χ1n) is 7.59. The van der Waals surface area contributed by atoms with Crippen LogP contribution in [-0.2, 0) is 0 Å². The zero-order chi connectivity index (χ0) is 16.9. The minimum Gasteiger partial charge on any atom is -0.493 e. The van der Waals surface area contributed by atoms with E-state index in [1.165, 1.54) is 0 Å². The van der Waals surface area contributed by atoms with Crippen LogP contribution in [0.15, 0.2) is 60.7 Å². The molecule has 0 aliphatic heterocycles. The molecule has 3 nitrogen and oxygen atoms in total. The fraction of sp³-hybridized carbons (Fsp3) is 0.0952. The number of fused-ring (bicyclic) bond motifs is 1. The highest BCUT2D eigenvalue weighted by Gasteiger charge is 2.10. The number of nitriles is 1. The van der Waals surface area contributed by atoms with Crippen LogP contribution in [0.25, 0.3) is 22.4 Å². The lowest BCUT2D eigenvalue weighted by atomic mass is 10.00. The molecule has 3 aromatic carbocycles. The molecule has 0 N–H and O–H groups in total. The van der Waals surface area contributed by atoms with Crippen LogP contribution in [0.3, 0.4) is 0 Å². The highest BCUT2D eigenvalue weighted by atomic mass is 16.5. The Bertz CT molecular complexity index is 951. The van der Waals surface area contributed by atoms with E-state index in [4.69, 9.17) is 9.47 Å². The number of para-hydroxylation sites is 1. The van der Waals surface area contributed by atoms with Crippen molar-refractivity contribution < 1.29 is 9.47 Å². The number of hydrogen-bond acceptors (Lipinski definition) is 3. The maximum atomic E-state index is 9.61. The highest BCUT2D eigenvalue weighted by molar-refractivity contribution is 5.95. The fourth-order valence-corrected chi connectivity index (χ4v) is 2.72. The topological polar surface area (TPSA) is 42.2 Å². The Kier molecular flexibility index (Phi) is 4.49. The molecule has 0 atom stereocenters.